The number of benzene rings is 3. The number of alkyl halides is 3. The zero-order chi connectivity index (χ0) is 28.9. The third kappa shape index (κ3) is 6.85. The largest absolute Gasteiger partial charge is 0.445 e. The highest BCUT2D eigenvalue weighted by atomic mass is 19.4. The highest BCUT2D eigenvalue weighted by Gasteiger charge is 2.48. The first-order chi connectivity index (χ1) is 19.0. The smallest absolute Gasteiger partial charge is 0.416 e. The van der Waals surface area contributed by atoms with Gasteiger partial charge in [0.15, 0.2) is 0 Å². The molecule has 4 atom stereocenters. The lowest BCUT2D eigenvalue weighted by molar-refractivity contribution is -0.137. The Balaban J connectivity index is 1.65. The lowest BCUT2D eigenvalue weighted by Gasteiger charge is -2.49. The minimum atomic E-state index is -4.47. The van der Waals surface area contributed by atoms with Crippen LogP contribution in [0.15, 0.2) is 78.9 Å². The molecule has 1 saturated heterocycles. The predicted molar refractivity (Wildman–Crippen MR) is 146 cm³/mol. The first-order valence-corrected chi connectivity index (χ1v) is 13.5. The van der Waals surface area contributed by atoms with Crippen LogP contribution in [0.5, 0.6) is 0 Å². The number of rotatable bonds is 8. The summed E-state index contributed by atoms with van der Waals surface area (Å²) in [6, 6.07) is 22.8. The zero-order valence-electron chi connectivity index (χ0n) is 23.0. The molecular formula is C32H36F3NO4. The quantitative estimate of drug-likeness (QED) is 0.314. The van der Waals surface area contributed by atoms with Gasteiger partial charge < -0.3 is 14.6 Å². The van der Waals surface area contributed by atoms with Crippen LogP contribution in [0.3, 0.4) is 0 Å². The molecule has 214 valence electrons. The zero-order valence-corrected chi connectivity index (χ0v) is 23.0. The molecule has 1 aliphatic heterocycles. The van der Waals surface area contributed by atoms with Crippen LogP contribution in [-0.4, -0.2) is 35.4 Å². The van der Waals surface area contributed by atoms with E-state index in [4.69, 9.17) is 9.47 Å². The van der Waals surface area contributed by atoms with Crippen LogP contribution in [0.4, 0.5) is 18.0 Å². The Hall–Kier alpha value is -3.36. The number of aryl methyl sites for hydroxylation is 1. The molecular weight excluding hydrogens is 519 g/mol. The molecule has 1 N–H and O–H groups in total. The molecule has 0 spiro atoms. The van der Waals surface area contributed by atoms with Crippen LogP contribution >= 0.6 is 0 Å². The van der Waals surface area contributed by atoms with E-state index in [1.54, 1.807) is 31.7 Å². The van der Waals surface area contributed by atoms with Crippen molar-refractivity contribution in [2.75, 3.05) is 13.2 Å². The number of aliphatic hydroxyl groups excluding tert-OH is 1. The Morgan fingerprint density at radius 1 is 1.05 bits per heavy atom. The second kappa shape index (κ2) is 12.4. The van der Waals surface area contributed by atoms with Gasteiger partial charge >= 0.3 is 12.3 Å². The summed E-state index contributed by atoms with van der Waals surface area (Å²) in [6.45, 7) is 5.43. The summed E-state index contributed by atoms with van der Waals surface area (Å²) in [7, 11) is 0. The number of ether oxygens (including phenoxy) is 2. The third-order valence-corrected chi connectivity index (χ3v) is 7.75. The first-order valence-electron chi connectivity index (χ1n) is 13.5. The summed E-state index contributed by atoms with van der Waals surface area (Å²) < 4.78 is 52.5. The van der Waals surface area contributed by atoms with Gasteiger partial charge in [-0.25, -0.2) is 4.79 Å². The van der Waals surface area contributed by atoms with Crippen molar-refractivity contribution in [3.8, 4) is 0 Å². The molecule has 8 heteroatoms. The fraction of sp³-hybridized carbons (Fsp3) is 0.406. The summed E-state index contributed by atoms with van der Waals surface area (Å²) in [6.07, 6.45) is -5.19. The number of carbonyl (C=O) groups excluding carboxylic acids is 1. The van der Waals surface area contributed by atoms with E-state index in [-0.39, 0.29) is 25.7 Å². The number of nitrogens with zero attached hydrogens (tertiary/aromatic N) is 1. The topological polar surface area (TPSA) is 59.0 Å². The monoisotopic (exact) mass is 555 g/mol. The van der Waals surface area contributed by atoms with Gasteiger partial charge in [-0.2, -0.15) is 13.2 Å². The third-order valence-electron chi connectivity index (χ3n) is 7.75. The first kappa shape index (κ1) is 29.6. The van der Waals surface area contributed by atoms with Crippen LogP contribution in [0.2, 0.25) is 0 Å². The second-order valence-corrected chi connectivity index (χ2v) is 10.7. The number of halogens is 3. The molecule has 0 aliphatic carbocycles. The molecule has 1 amide bonds. The van der Waals surface area contributed by atoms with E-state index in [1.165, 1.54) is 0 Å². The van der Waals surface area contributed by atoms with Gasteiger partial charge in [0.2, 0.25) is 0 Å². The van der Waals surface area contributed by atoms with Crippen molar-refractivity contribution in [2.24, 2.45) is 5.92 Å². The van der Waals surface area contributed by atoms with Gasteiger partial charge in [-0.3, -0.25) is 4.90 Å². The number of amides is 1. The van der Waals surface area contributed by atoms with E-state index in [9.17, 15) is 23.1 Å². The minimum Gasteiger partial charge on any atom is -0.445 e. The van der Waals surface area contributed by atoms with Crippen LogP contribution in [0, 0.1) is 12.8 Å². The number of hydrogen-bond acceptors (Lipinski definition) is 4. The molecule has 3 aromatic carbocycles. The summed E-state index contributed by atoms with van der Waals surface area (Å²) >= 11 is 0. The lowest BCUT2D eigenvalue weighted by atomic mass is 9.76. The van der Waals surface area contributed by atoms with Crippen molar-refractivity contribution in [1.82, 2.24) is 4.90 Å². The SMILES string of the molecule is Cc1cc([C@@H](C)OC[C@@]2(c3ccccc3)CCC(C(C)O)CN2C(=O)OCc2ccccc2)cc(C(F)(F)F)c1. The number of likely N-dealkylation sites (tertiary alicyclic amines) is 1. The fourth-order valence-corrected chi connectivity index (χ4v) is 5.35. The van der Waals surface area contributed by atoms with Gasteiger partial charge in [-0.05, 0) is 62.4 Å². The molecule has 1 aliphatic rings. The average Bonchev–Trinajstić information content (AvgIpc) is 2.94. The van der Waals surface area contributed by atoms with Gasteiger partial charge in [0.1, 0.15) is 6.61 Å². The van der Waals surface area contributed by atoms with Crippen molar-refractivity contribution >= 4 is 6.09 Å². The molecule has 0 saturated carbocycles. The summed E-state index contributed by atoms with van der Waals surface area (Å²) in [5, 5.41) is 10.4. The number of aliphatic hydroxyl groups is 1. The Kier molecular flexibility index (Phi) is 9.21. The van der Waals surface area contributed by atoms with Crippen molar-refractivity contribution in [1.29, 1.82) is 0 Å². The average molecular weight is 556 g/mol. The van der Waals surface area contributed by atoms with Gasteiger partial charge in [0, 0.05) is 12.5 Å². The Morgan fingerprint density at radius 2 is 1.70 bits per heavy atom. The summed E-state index contributed by atoms with van der Waals surface area (Å²) in [4.78, 5) is 15.3. The maximum atomic E-state index is 13.7. The van der Waals surface area contributed by atoms with E-state index < -0.39 is 35.6 Å². The standard InChI is InChI=1S/C32H36F3NO4/c1-22-16-27(18-29(17-22)32(33,34)35)24(3)40-21-31(28-12-8-5-9-13-28)15-14-26(23(2)37)19-36(31)30(38)39-20-25-10-6-4-7-11-25/h4-13,16-18,23-24,26,37H,14-15,19-21H2,1-3H3/t23?,24-,26?,31-/m1/s1. The van der Waals surface area contributed by atoms with Gasteiger partial charge in [-0.1, -0.05) is 72.3 Å². The minimum absolute atomic E-state index is 0.0421. The lowest BCUT2D eigenvalue weighted by Crippen LogP contribution is -2.58. The van der Waals surface area contributed by atoms with Crippen LogP contribution in [0.25, 0.3) is 0 Å². The number of piperidine rings is 1. The summed E-state index contributed by atoms with van der Waals surface area (Å²) in [5.41, 5.74) is 0.913. The van der Waals surface area contributed by atoms with Gasteiger partial charge in [0.25, 0.3) is 0 Å². The van der Waals surface area contributed by atoms with Crippen LogP contribution in [0.1, 0.15) is 60.6 Å². The van der Waals surface area contributed by atoms with Crippen molar-refractivity contribution in [3.63, 3.8) is 0 Å². The number of hydrogen-bond donors (Lipinski definition) is 1. The van der Waals surface area contributed by atoms with Crippen molar-refractivity contribution in [3.05, 3.63) is 107 Å². The molecule has 0 aromatic heterocycles. The Bertz CT molecular complexity index is 1270. The highest BCUT2D eigenvalue weighted by Crippen LogP contribution is 2.42. The van der Waals surface area contributed by atoms with Crippen molar-refractivity contribution < 1.29 is 32.5 Å². The van der Waals surface area contributed by atoms with Crippen LogP contribution in [-0.2, 0) is 27.8 Å². The molecule has 1 fully saturated rings. The van der Waals surface area contributed by atoms with E-state index in [0.717, 1.165) is 23.3 Å². The van der Waals surface area contributed by atoms with Crippen molar-refractivity contribution in [2.45, 2.75) is 64.1 Å². The molecule has 3 aromatic rings. The highest BCUT2D eigenvalue weighted by molar-refractivity contribution is 5.69. The molecule has 4 rings (SSSR count). The van der Waals surface area contributed by atoms with Crippen LogP contribution < -0.4 is 0 Å². The van der Waals surface area contributed by atoms with Gasteiger partial charge in [0.05, 0.1) is 29.9 Å². The summed E-state index contributed by atoms with van der Waals surface area (Å²) in [5.74, 6) is -0.162. The second-order valence-electron chi connectivity index (χ2n) is 10.7. The normalized spacial score (nSPS) is 21.1. The van der Waals surface area contributed by atoms with E-state index in [0.29, 0.717) is 24.0 Å². The maximum absolute atomic E-state index is 13.7. The fourth-order valence-electron chi connectivity index (χ4n) is 5.35. The molecule has 5 nitrogen and oxygen atoms in total. The molecule has 0 bridgehead atoms. The van der Waals surface area contributed by atoms with E-state index in [2.05, 4.69) is 0 Å². The Morgan fingerprint density at radius 3 is 2.33 bits per heavy atom. The predicted octanol–water partition coefficient (Wildman–Crippen LogP) is 7.42. The molecule has 1 heterocycles. The molecule has 0 radical (unpaired) electrons. The molecule has 40 heavy (non-hydrogen) atoms. The van der Waals surface area contributed by atoms with E-state index in [1.807, 2.05) is 60.7 Å². The maximum Gasteiger partial charge on any atom is 0.416 e. The van der Waals surface area contributed by atoms with Gasteiger partial charge in [-0.15, -0.1) is 0 Å². The number of carbonyl (C=O) groups is 1. The molecule has 2 unspecified atom stereocenters. The van der Waals surface area contributed by atoms with E-state index >= 15 is 0 Å². The Labute approximate surface area is 233 Å².